The summed E-state index contributed by atoms with van der Waals surface area (Å²) in [7, 11) is 0. The highest BCUT2D eigenvalue weighted by molar-refractivity contribution is 7.99. The van der Waals surface area contributed by atoms with Crippen LogP contribution >= 0.6 is 11.8 Å². The average molecular weight is 422 g/mol. The molecule has 0 radical (unpaired) electrons. The molecule has 0 amide bonds. The highest BCUT2D eigenvalue weighted by Gasteiger charge is 2.23. The van der Waals surface area contributed by atoms with Crippen molar-refractivity contribution in [1.82, 2.24) is 14.8 Å². The molecule has 30 heavy (non-hydrogen) atoms. The number of morpholine rings is 1. The Hall–Kier alpha value is -3.42. The maximum absolute atomic E-state index is 11.0. The second-order valence-corrected chi connectivity index (χ2v) is 7.71. The molecular weight excluding hydrogens is 404 g/mol. The molecule has 2 aromatic carbocycles. The summed E-state index contributed by atoms with van der Waals surface area (Å²) in [6.45, 7) is 4.66. The molecule has 10 heteroatoms. The predicted octanol–water partition coefficient (Wildman–Crippen LogP) is 3.34. The number of anilines is 1. The van der Waals surface area contributed by atoms with Gasteiger partial charge in [-0.1, -0.05) is 17.7 Å². The molecule has 3 aromatic rings. The van der Waals surface area contributed by atoms with Gasteiger partial charge in [-0.05, 0) is 36.9 Å². The van der Waals surface area contributed by atoms with Crippen LogP contribution in [0.5, 0.6) is 0 Å². The summed E-state index contributed by atoms with van der Waals surface area (Å²) in [5.74, 6) is 0.699. The third-order valence-electron chi connectivity index (χ3n) is 4.70. The predicted molar refractivity (Wildman–Crippen MR) is 111 cm³/mol. The van der Waals surface area contributed by atoms with E-state index in [9.17, 15) is 15.4 Å². The van der Waals surface area contributed by atoms with E-state index in [0.29, 0.717) is 42.3 Å². The summed E-state index contributed by atoms with van der Waals surface area (Å²) in [6, 6.07) is 14.3. The van der Waals surface area contributed by atoms with Gasteiger partial charge in [0.1, 0.15) is 6.07 Å². The van der Waals surface area contributed by atoms with Crippen molar-refractivity contribution >= 4 is 23.4 Å². The number of rotatable bonds is 5. The summed E-state index contributed by atoms with van der Waals surface area (Å²) in [4.78, 5) is 13.2. The Labute approximate surface area is 177 Å². The van der Waals surface area contributed by atoms with Crippen LogP contribution in [0.15, 0.2) is 52.5 Å². The Bertz CT molecular complexity index is 1120. The summed E-state index contributed by atoms with van der Waals surface area (Å²) >= 11 is 1.26. The average Bonchev–Trinajstić information content (AvgIpc) is 3.18. The first kappa shape index (κ1) is 19.9. The number of non-ortho nitro benzene ring substituents is 1. The molecule has 0 spiro atoms. The zero-order valence-corrected chi connectivity index (χ0v) is 17.0. The van der Waals surface area contributed by atoms with E-state index in [1.165, 1.54) is 23.9 Å². The molecule has 4 rings (SSSR count). The lowest BCUT2D eigenvalue weighted by Gasteiger charge is -2.28. The van der Waals surface area contributed by atoms with Crippen molar-refractivity contribution in [2.45, 2.75) is 17.0 Å². The molecule has 1 fully saturated rings. The molecule has 2 heterocycles. The van der Waals surface area contributed by atoms with Crippen molar-refractivity contribution in [3.63, 3.8) is 0 Å². The van der Waals surface area contributed by atoms with Crippen molar-refractivity contribution in [2.24, 2.45) is 0 Å². The van der Waals surface area contributed by atoms with Crippen molar-refractivity contribution < 1.29 is 9.66 Å². The monoisotopic (exact) mass is 422 g/mol. The number of nitriles is 1. The molecule has 0 atom stereocenters. The zero-order valence-electron chi connectivity index (χ0n) is 16.2. The first-order chi connectivity index (χ1) is 14.6. The Kier molecular flexibility index (Phi) is 5.65. The summed E-state index contributed by atoms with van der Waals surface area (Å²) in [5.41, 5.74) is 2.14. The van der Waals surface area contributed by atoms with Gasteiger partial charge in [0.2, 0.25) is 11.1 Å². The highest BCUT2D eigenvalue weighted by atomic mass is 32.2. The van der Waals surface area contributed by atoms with E-state index in [2.05, 4.69) is 15.1 Å². The van der Waals surface area contributed by atoms with E-state index in [-0.39, 0.29) is 11.3 Å². The molecule has 0 unspecified atom stereocenters. The van der Waals surface area contributed by atoms with Gasteiger partial charge in [0, 0.05) is 30.1 Å². The number of ether oxygens (including phenoxy) is 1. The van der Waals surface area contributed by atoms with Gasteiger partial charge in [-0.3, -0.25) is 14.7 Å². The largest absolute Gasteiger partial charge is 0.378 e. The number of aromatic nitrogens is 3. The fourth-order valence-electron chi connectivity index (χ4n) is 3.12. The third-order valence-corrected chi connectivity index (χ3v) is 5.72. The standard InChI is InChI=1S/C20H18N6O3S/c1-14-2-4-16(5-3-14)25-19(24-8-10-29-11-9-24)22-23-20(25)30-18-7-6-17(26(27)28)12-15(18)13-21/h2-7,12H,8-11H2,1H3. The second kappa shape index (κ2) is 8.52. The first-order valence-corrected chi connectivity index (χ1v) is 10.1. The van der Waals surface area contributed by atoms with Crippen LogP contribution in [0, 0.1) is 28.4 Å². The molecule has 1 aromatic heterocycles. The Morgan fingerprint density at radius 1 is 1.17 bits per heavy atom. The maximum Gasteiger partial charge on any atom is 0.270 e. The van der Waals surface area contributed by atoms with Gasteiger partial charge in [0.25, 0.3) is 5.69 Å². The van der Waals surface area contributed by atoms with E-state index >= 15 is 0 Å². The number of hydrogen-bond donors (Lipinski definition) is 0. The van der Waals surface area contributed by atoms with Crippen LogP contribution in [-0.2, 0) is 4.74 Å². The molecule has 0 N–H and O–H groups in total. The minimum atomic E-state index is -0.513. The van der Waals surface area contributed by atoms with Crippen molar-refractivity contribution in [3.05, 3.63) is 63.7 Å². The zero-order chi connectivity index (χ0) is 21.1. The molecule has 0 bridgehead atoms. The number of nitro benzene ring substituents is 1. The quantitative estimate of drug-likeness (QED) is 0.455. The molecule has 9 nitrogen and oxygen atoms in total. The van der Waals surface area contributed by atoms with Gasteiger partial charge in [0.05, 0.1) is 29.4 Å². The van der Waals surface area contributed by atoms with Crippen molar-refractivity contribution in [2.75, 3.05) is 31.2 Å². The fourth-order valence-corrected chi connectivity index (χ4v) is 4.03. The summed E-state index contributed by atoms with van der Waals surface area (Å²) < 4.78 is 7.39. The molecule has 1 aliphatic heterocycles. The van der Waals surface area contributed by atoms with E-state index in [4.69, 9.17) is 4.74 Å². The first-order valence-electron chi connectivity index (χ1n) is 9.28. The van der Waals surface area contributed by atoms with Gasteiger partial charge in [-0.15, -0.1) is 10.2 Å². The summed E-state index contributed by atoms with van der Waals surface area (Å²) in [6.07, 6.45) is 0. The highest BCUT2D eigenvalue weighted by Crippen LogP contribution is 2.35. The maximum atomic E-state index is 11.0. The lowest BCUT2D eigenvalue weighted by molar-refractivity contribution is -0.384. The van der Waals surface area contributed by atoms with Gasteiger partial charge in [-0.2, -0.15) is 5.26 Å². The minimum absolute atomic E-state index is 0.120. The number of nitrogens with zero attached hydrogens (tertiary/aromatic N) is 6. The minimum Gasteiger partial charge on any atom is -0.378 e. The molecule has 1 saturated heterocycles. The van der Waals surface area contributed by atoms with Crippen LogP contribution in [0.4, 0.5) is 11.6 Å². The van der Waals surface area contributed by atoms with Gasteiger partial charge in [-0.25, -0.2) is 0 Å². The van der Waals surface area contributed by atoms with Crippen molar-refractivity contribution in [3.8, 4) is 11.8 Å². The number of aryl methyl sites for hydroxylation is 1. The Balaban J connectivity index is 1.77. The van der Waals surface area contributed by atoms with Gasteiger partial charge < -0.3 is 9.64 Å². The van der Waals surface area contributed by atoms with Crippen LogP contribution < -0.4 is 4.90 Å². The lowest BCUT2D eigenvalue weighted by atomic mass is 10.2. The SMILES string of the molecule is Cc1ccc(-n2c(Sc3ccc([N+](=O)[O-])cc3C#N)nnc2N2CCOCC2)cc1. The van der Waals surface area contributed by atoms with Crippen LogP contribution in [-0.4, -0.2) is 46.0 Å². The smallest absolute Gasteiger partial charge is 0.270 e. The van der Waals surface area contributed by atoms with Gasteiger partial charge in [0.15, 0.2) is 0 Å². The second-order valence-electron chi connectivity index (χ2n) is 6.70. The van der Waals surface area contributed by atoms with E-state index in [1.54, 1.807) is 6.07 Å². The van der Waals surface area contributed by atoms with Gasteiger partial charge >= 0.3 is 0 Å². The fraction of sp³-hybridized carbons (Fsp3) is 0.250. The molecule has 152 valence electrons. The lowest BCUT2D eigenvalue weighted by Crippen LogP contribution is -2.37. The van der Waals surface area contributed by atoms with Crippen LogP contribution in [0.25, 0.3) is 5.69 Å². The van der Waals surface area contributed by atoms with Crippen LogP contribution in [0.1, 0.15) is 11.1 Å². The number of hydrogen-bond acceptors (Lipinski definition) is 8. The molecule has 0 saturated carbocycles. The normalized spacial score (nSPS) is 13.8. The molecule has 0 aliphatic carbocycles. The van der Waals surface area contributed by atoms with Crippen molar-refractivity contribution in [1.29, 1.82) is 5.26 Å². The molecule has 1 aliphatic rings. The van der Waals surface area contributed by atoms with E-state index < -0.39 is 4.92 Å². The molecular formula is C20H18N6O3S. The van der Waals surface area contributed by atoms with E-state index in [1.807, 2.05) is 41.8 Å². The topological polar surface area (TPSA) is 110 Å². The number of nitro groups is 1. The van der Waals surface area contributed by atoms with E-state index in [0.717, 1.165) is 11.3 Å². The van der Waals surface area contributed by atoms with Crippen LogP contribution in [0.3, 0.4) is 0 Å². The summed E-state index contributed by atoms with van der Waals surface area (Å²) in [5, 5.41) is 29.9. The Morgan fingerprint density at radius 2 is 1.90 bits per heavy atom. The Morgan fingerprint density at radius 3 is 2.57 bits per heavy atom. The van der Waals surface area contributed by atoms with Crippen LogP contribution in [0.2, 0.25) is 0 Å². The number of benzene rings is 2. The third kappa shape index (κ3) is 3.98.